The minimum atomic E-state index is 0.0903. The number of nitrogens with one attached hydrogen (secondary N) is 1. The number of hydrogen-bond donors (Lipinski definition) is 1. The fraction of sp³-hybridized carbons (Fsp3) is 0.667. The van der Waals surface area contributed by atoms with Gasteiger partial charge in [0.25, 0.3) is 0 Å². The van der Waals surface area contributed by atoms with Crippen molar-refractivity contribution >= 4 is 11.8 Å². The van der Waals surface area contributed by atoms with E-state index in [4.69, 9.17) is 0 Å². The Hall–Kier alpha value is -0.510. The zero-order chi connectivity index (χ0) is 15.1. The molecule has 1 aliphatic heterocycles. The third-order valence-electron chi connectivity index (χ3n) is 4.64. The first kappa shape index (κ1) is 16.9. The lowest BCUT2D eigenvalue weighted by molar-refractivity contribution is 0.0929. The molecule has 0 aromatic heterocycles. The lowest BCUT2D eigenvalue weighted by Gasteiger charge is -2.45. The summed E-state index contributed by atoms with van der Waals surface area (Å²) in [6.07, 6.45) is 6.25. The molecule has 0 spiro atoms. The molecule has 2 atom stereocenters. The van der Waals surface area contributed by atoms with Crippen LogP contribution >= 0.6 is 11.8 Å². The zero-order valence-electron chi connectivity index (χ0n) is 13.8. The van der Waals surface area contributed by atoms with E-state index in [1.165, 1.54) is 37.1 Å². The standard InChI is InChI=1S/C18H30N2S/c1-16-14-19-18(2,17-10-6-4-7-11-17)15-20(16)12-8-5-9-13-21-3/h4,6-7,10-11,16,19H,5,8-9,12-15H2,1-3H3. The fourth-order valence-electron chi connectivity index (χ4n) is 3.16. The second-order valence-electron chi connectivity index (χ2n) is 6.45. The predicted octanol–water partition coefficient (Wildman–Crippen LogP) is 3.73. The first-order valence-electron chi connectivity index (χ1n) is 8.19. The van der Waals surface area contributed by atoms with Crippen molar-refractivity contribution in [3.63, 3.8) is 0 Å². The van der Waals surface area contributed by atoms with Crippen molar-refractivity contribution in [2.75, 3.05) is 31.6 Å². The number of unbranched alkanes of at least 4 members (excludes halogenated alkanes) is 2. The monoisotopic (exact) mass is 306 g/mol. The second-order valence-corrected chi connectivity index (χ2v) is 7.44. The number of hydrogen-bond acceptors (Lipinski definition) is 3. The first-order chi connectivity index (χ1) is 10.2. The first-order valence-corrected chi connectivity index (χ1v) is 9.58. The van der Waals surface area contributed by atoms with E-state index < -0.39 is 0 Å². The molecular formula is C18H30N2S. The van der Waals surface area contributed by atoms with Crippen molar-refractivity contribution in [2.45, 2.75) is 44.7 Å². The molecular weight excluding hydrogens is 276 g/mol. The van der Waals surface area contributed by atoms with E-state index in [2.05, 4.69) is 60.7 Å². The van der Waals surface area contributed by atoms with Crippen molar-refractivity contribution in [3.8, 4) is 0 Å². The Labute approximate surface area is 134 Å². The molecule has 1 saturated heterocycles. The van der Waals surface area contributed by atoms with Gasteiger partial charge < -0.3 is 5.32 Å². The SMILES string of the molecule is CSCCCCCN1CC(C)(c2ccccc2)NCC1C. The van der Waals surface area contributed by atoms with E-state index in [1.54, 1.807) is 0 Å². The molecule has 1 heterocycles. The van der Waals surface area contributed by atoms with Crippen LogP contribution in [0.3, 0.4) is 0 Å². The van der Waals surface area contributed by atoms with Crippen molar-refractivity contribution in [2.24, 2.45) is 0 Å². The van der Waals surface area contributed by atoms with Gasteiger partial charge in [-0.3, -0.25) is 4.90 Å². The van der Waals surface area contributed by atoms with E-state index in [-0.39, 0.29) is 5.54 Å². The summed E-state index contributed by atoms with van der Waals surface area (Å²) in [6, 6.07) is 11.5. The molecule has 1 N–H and O–H groups in total. The number of benzene rings is 1. The van der Waals surface area contributed by atoms with Crippen LogP contribution in [0.1, 0.15) is 38.7 Å². The maximum Gasteiger partial charge on any atom is 0.0535 e. The molecule has 2 nitrogen and oxygen atoms in total. The van der Waals surface area contributed by atoms with Crippen molar-refractivity contribution in [3.05, 3.63) is 35.9 Å². The summed E-state index contributed by atoms with van der Waals surface area (Å²) in [5, 5.41) is 3.76. The summed E-state index contributed by atoms with van der Waals surface area (Å²) in [5.74, 6) is 1.30. The largest absolute Gasteiger partial charge is 0.305 e. The average molecular weight is 307 g/mol. The van der Waals surface area contributed by atoms with Gasteiger partial charge in [0.1, 0.15) is 0 Å². The summed E-state index contributed by atoms with van der Waals surface area (Å²) in [5.41, 5.74) is 1.50. The maximum absolute atomic E-state index is 3.76. The van der Waals surface area contributed by atoms with Gasteiger partial charge in [-0.15, -0.1) is 0 Å². The highest BCUT2D eigenvalue weighted by molar-refractivity contribution is 7.98. The lowest BCUT2D eigenvalue weighted by Crippen LogP contribution is -2.60. The molecule has 0 bridgehead atoms. The van der Waals surface area contributed by atoms with Gasteiger partial charge in [0, 0.05) is 19.1 Å². The number of thioether (sulfide) groups is 1. The third kappa shape index (κ3) is 4.73. The number of piperazine rings is 1. The summed E-state index contributed by atoms with van der Waals surface area (Å²) in [6.45, 7) is 8.12. The van der Waals surface area contributed by atoms with Crippen LogP contribution in [-0.4, -0.2) is 42.6 Å². The Kier molecular flexibility index (Phi) is 6.59. The average Bonchev–Trinajstić information content (AvgIpc) is 2.51. The van der Waals surface area contributed by atoms with Gasteiger partial charge in [-0.2, -0.15) is 11.8 Å². The molecule has 21 heavy (non-hydrogen) atoms. The van der Waals surface area contributed by atoms with Gasteiger partial charge in [0.2, 0.25) is 0 Å². The van der Waals surface area contributed by atoms with Crippen LogP contribution in [0, 0.1) is 0 Å². The van der Waals surface area contributed by atoms with Gasteiger partial charge in [0.05, 0.1) is 5.54 Å². The van der Waals surface area contributed by atoms with Gasteiger partial charge in [0.15, 0.2) is 0 Å². The molecule has 1 aliphatic rings. The zero-order valence-corrected chi connectivity index (χ0v) is 14.6. The molecule has 0 aliphatic carbocycles. The quantitative estimate of drug-likeness (QED) is 0.773. The van der Waals surface area contributed by atoms with E-state index in [9.17, 15) is 0 Å². The second kappa shape index (κ2) is 8.21. The highest BCUT2D eigenvalue weighted by atomic mass is 32.2. The van der Waals surface area contributed by atoms with Crippen LogP contribution in [0.4, 0.5) is 0 Å². The summed E-state index contributed by atoms with van der Waals surface area (Å²) in [4.78, 5) is 2.67. The predicted molar refractivity (Wildman–Crippen MR) is 95.1 cm³/mol. The van der Waals surface area contributed by atoms with E-state index >= 15 is 0 Å². The molecule has 0 saturated carbocycles. The van der Waals surface area contributed by atoms with Gasteiger partial charge in [-0.05, 0) is 50.8 Å². The third-order valence-corrected chi connectivity index (χ3v) is 5.33. The number of rotatable bonds is 7. The summed E-state index contributed by atoms with van der Waals surface area (Å²) >= 11 is 1.96. The summed E-state index contributed by atoms with van der Waals surface area (Å²) < 4.78 is 0. The fourth-order valence-corrected chi connectivity index (χ4v) is 3.65. The minimum Gasteiger partial charge on any atom is -0.305 e. The molecule has 0 amide bonds. The Bertz CT molecular complexity index is 409. The minimum absolute atomic E-state index is 0.0903. The molecule has 1 fully saturated rings. The molecule has 0 radical (unpaired) electrons. The van der Waals surface area contributed by atoms with Gasteiger partial charge in [-0.25, -0.2) is 0 Å². The van der Waals surface area contributed by atoms with Crippen molar-refractivity contribution in [1.29, 1.82) is 0 Å². The molecule has 1 aromatic carbocycles. The van der Waals surface area contributed by atoms with Gasteiger partial charge in [-0.1, -0.05) is 36.8 Å². The van der Waals surface area contributed by atoms with Crippen LogP contribution in [0.5, 0.6) is 0 Å². The van der Waals surface area contributed by atoms with Gasteiger partial charge >= 0.3 is 0 Å². The molecule has 2 rings (SSSR count). The smallest absolute Gasteiger partial charge is 0.0535 e. The van der Waals surface area contributed by atoms with E-state index in [0.717, 1.165) is 13.1 Å². The Morgan fingerprint density at radius 2 is 2.00 bits per heavy atom. The van der Waals surface area contributed by atoms with Crippen molar-refractivity contribution < 1.29 is 0 Å². The van der Waals surface area contributed by atoms with E-state index in [1.807, 2.05) is 11.8 Å². The molecule has 1 aromatic rings. The van der Waals surface area contributed by atoms with Crippen LogP contribution < -0.4 is 5.32 Å². The van der Waals surface area contributed by atoms with Crippen LogP contribution in [0.2, 0.25) is 0 Å². The molecule has 118 valence electrons. The van der Waals surface area contributed by atoms with Crippen molar-refractivity contribution in [1.82, 2.24) is 10.2 Å². The summed E-state index contributed by atoms with van der Waals surface area (Å²) in [7, 11) is 0. The Morgan fingerprint density at radius 1 is 1.24 bits per heavy atom. The number of nitrogens with zero attached hydrogens (tertiary/aromatic N) is 1. The topological polar surface area (TPSA) is 15.3 Å². The Balaban J connectivity index is 1.90. The molecule has 3 heteroatoms. The lowest BCUT2D eigenvalue weighted by atomic mass is 9.88. The highest BCUT2D eigenvalue weighted by Crippen LogP contribution is 2.26. The van der Waals surface area contributed by atoms with E-state index in [0.29, 0.717) is 6.04 Å². The van der Waals surface area contributed by atoms with Crippen LogP contribution in [0.25, 0.3) is 0 Å². The Morgan fingerprint density at radius 3 is 2.71 bits per heavy atom. The highest BCUT2D eigenvalue weighted by Gasteiger charge is 2.34. The van der Waals surface area contributed by atoms with Crippen LogP contribution in [-0.2, 0) is 5.54 Å². The van der Waals surface area contributed by atoms with Crippen LogP contribution in [0.15, 0.2) is 30.3 Å². The maximum atomic E-state index is 3.76. The normalized spacial score (nSPS) is 26.9. The molecule has 2 unspecified atom stereocenters.